The number of nitrogens with one attached hydrogen (secondary N) is 1. The first-order valence-electron chi connectivity index (χ1n) is 7.06. The molecule has 0 aromatic carbocycles. The van der Waals surface area contributed by atoms with E-state index in [4.69, 9.17) is 9.47 Å². The van der Waals surface area contributed by atoms with Gasteiger partial charge in [-0.25, -0.2) is 0 Å². The number of nitriles is 1. The molecule has 2 aliphatic rings. The third-order valence-electron chi connectivity index (χ3n) is 4.10. The fraction of sp³-hybridized carbons (Fsp3) is 0.929. The van der Waals surface area contributed by atoms with Crippen LogP contribution in [0, 0.1) is 17.2 Å². The van der Waals surface area contributed by atoms with E-state index < -0.39 is 0 Å². The van der Waals surface area contributed by atoms with Crippen molar-refractivity contribution in [1.82, 2.24) is 5.32 Å². The molecule has 4 heteroatoms. The maximum atomic E-state index is 9.53. The standard InChI is InChI=1S/C14H24N2O2/c1-17-9-10-18-8-6-12-3-2-7-14(12,11-15)16-13-4-5-13/h12-13,16H,2-10H2,1H3. The molecule has 2 unspecified atom stereocenters. The summed E-state index contributed by atoms with van der Waals surface area (Å²) in [5.41, 5.74) is -0.272. The molecule has 2 aliphatic carbocycles. The number of hydrogen-bond acceptors (Lipinski definition) is 4. The lowest BCUT2D eigenvalue weighted by Crippen LogP contribution is -2.48. The molecule has 2 rings (SSSR count). The molecule has 2 fully saturated rings. The largest absolute Gasteiger partial charge is 0.382 e. The Morgan fingerprint density at radius 3 is 2.78 bits per heavy atom. The molecule has 2 atom stereocenters. The van der Waals surface area contributed by atoms with Crippen LogP contribution in [0.15, 0.2) is 0 Å². The summed E-state index contributed by atoms with van der Waals surface area (Å²) in [4.78, 5) is 0. The number of ether oxygens (including phenoxy) is 2. The summed E-state index contributed by atoms with van der Waals surface area (Å²) < 4.78 is 10.5. The number of hydrogen-bond donors (Lipinski definition) is 1. The van der Waals surface area contributed by atoms with Crippen LogP contribution in [0.4, 0.5) is 0 Å². The lowest BCUT2D eigenvalue weighted by Gasteiger charge is -2.30. The van der Waals surface area contributed by atoms with E-state index in [9.17, 15) is 5.26 Å². The normalized spacial score (nSPS) is 31.4. The van der Waals surface area contributed by atoms with Crippen LogP contribution in [0.5, 0.6) is 0 Å². The first-order chi connectivity index (χ1) is 8.80. The predicted molar refractivity (Wildman–Crippen MR) is 69.2 cm³/mol. The highest BCUT2D eigenvalue weighted by Gasteiger charge is 2.45. The Balaban J connectivity index is 1.76. The lowest BCUT2D eigenvalue weighted by molar-refractivity contribution is 0.0601. The summed E-state index contributed by atoms with van der Waals surface area (Å²) >= 11 is 0. The molecule has 18 heavy (non-hydrogen) atoms. The third-order valence-corrected chi connectivity index (χ3v) is 4.10. The van der Waals surface area contributed by atoms with E-state index in [-0.39, 0.29) is 5.54 Å². The Morgan fingerprint density at radius 1 is 1.28 bits per heavy atom. The number of methoxy groups -OCH3 is 1. The zero-order chi connectivity index (χ0) is 12.8. The molecule has 0 radical (unpaired) electrons. The van der Waals surface area contributed by atoms with Gasteiger partial charge in [-0.05, 0) is 38.0 Å². The molecule has 0 spiro atoms. The second kappa shape index (κ2) is 6.51. The minimum Gasteiger partial charge on any atom is -0.382 e. The van der Waals surface area contributed by atoms with Crippen LogP contribution in [-0.4, -0.2) is 38.5 Å². The van der Waals surface area contributed by atoms with E-state index in [0.29, 0.717) is 25.2 Å². The summed E-state index contributed by atoms with van der Waals surface area (Å²) in [5, 5.41) is 13.1. The van der Waals surface area contributed by atoms with Crippen molar-refractivity contribution in [1.29, 1.82) is 5.26 Å². The summed E-state index contributed by atoms with van der Waals surface area (Å²) in [6, 6.07) is 3.16. The quantitative estimate of drug-likeness (QED) is 0.670. The van der Waals surface area contributed by atoms with Gasteiger partial charge in [0.05, 0.1) is 19.3 Å². The first kappa shape index (κ1) is 13.8. The van der Waals surface area contributed by atoms with Gasteiger partial charge in [-0.3, -0.25) is 5.32 Å². The van der Waals surface area contributed by atoms with Gasteiger partial charge in [-0.2, -0.15) is 5.26 Å². The van der Waals surface area contributed by atoms with Crippen LogP contribution in [0.25, 0.3) is 0 Å². The fourth-order valence-electron chi connectivity index (χ4n) is 2.90. The summed E-state index contributed by atoms with van der Waals surface area (Å²) in [6.07, 6.45) is 6.78. The van der Waals surface area contributed by atoms with E-state index in [1.54, 1.807) is 7.11 Å². The van der Waals surface area contributed by atoms with E-state index in [2.05, 4.69) is 11.4 Å². The van der Waals surface area contributed by atoms with Crippen molar-refractivity contribution in [2.24, 2.45) is 5.92 Å². The molecule has 4 nitrogen and oxygen atoms in total. The molecule has 2 saturated carbocycles. The van der Waals surface area contributed by atoms with Gasteiger partial charge in [0, 0.05) is 19.8 Å². The first-order valence-corrected chi connectivity index (χ1v) is 7.06. The van der Waals surface area contributed by atoms with Crippen molar-refractivity contribution in [3.63, 3.8) is 0 Å². The van der Waals surface area contributed by atoms with Crippen molar-refractivity contribution < 1.29 is 9.47 Å². The number of nitrogens with zero attached hydrogens (tertiary/aromatic N) is 1. The molecule has 0 saturated heterocycles. The van der Waals surface area contributed by atoms with Gasteiger partial charge < -0.3 is 9.47 Å². The zero-order valence-corrected chi connectivity index (χ0v) is 11.3. The van der Waals surface area contributed by atoms with Crippen LogP contribution in [-0.2, 0) is 9.47 Å². The Labute approximate surface area is 110 Å². The fourth-order valence-corrected chi connectivity index (χ4v) is 2.90. The average Bonchev–Trinajstić information content (AvgIpc) is 3.10. The van der Waals surface area contributed by atoms with Gasteiger partial charge in [0.1, 0.15) is 5.54 Å². The van der Waals surface area contributed by atoms with Gasteiger partial charge in [0.2, 0.25) is 0 Å². The van der Waals surface area contributed by atoms with Gasteiger partial charge in [-0.1, -0.05) is 6.42 Å². The molecule has 0 aliphatic heterocycles. The minimum absolute atomic E-state index is 0.272. The minimum atomic E-state index is -0.272. The van der Waals surface area contributed by atoms with Crippen molar-refractivity contribution in [3.8, 4) is 6.07 Å². The molecule has 0 aromatic heterocycles. The Kier molecular flexibility index (Phi) is 4.99. The molecule has 0 heterocycles. The van der Waals surface area contributed by atoms with Gasteiger partial charge >= 0.3 is 0 Å². The molecule has 0 bridgehead atoms. The van der Waals surface area contributed by atoms with Crippen LogP contribution in [0.3, 0.4) is 0 Å². The highest BCUT2D eigenvalue weighted by molar-refractivity contribution is 5.16. The van der Waals surface area contributed by atoms with Crippen molar-refractivity contribution >= 4 is 0 Å². The molecule has 0 amide bonds. The highest BCUT2D eigenvalue weighted by Crippen LogP contribution is 2.40. The van der Waals surface area contributed by atoms with Gasteiger partial charge in [0.25, 0.3) is 0 Å². The molecular formula is C14H24N2O2. The topological polar surface area (TPSA) is 54.3 Å². The Hall–Kier alpha value is -0.630. The average molecular weight is 252 g/mol. The van der Waals surface area contributed by atoms with E-state index >= 15 is 0 Å². The molecule has 1 N–H and O–H groups in total. The molecule has 102 valence electrons. The SMILES string of the molecule is COCCOCCC1CCCC1(C#N)NC1CC1. The Morgan fingerprint density at radius 2 is 2.11 bits per heavy atom. The highest BCUT2D eigenvalue weighted by atomic mass is 16.5. The maximum Gasteiger partial charge on any atom is 0.109 e. The van der Waals surface area contributed by atoms with Crippen LogP contribution >= 0.6 is 0 Å². The van der Waals surface area contributed by atoms with Crippen molar-refractivity contribution in [2.75, 3.05) is 26.9 Å². The predicted octanol–water partition coefficient (Wildman–Crippen LogP) is 1.85. The zero-order valence-electron chi connectivity index (χ0n) is 11.3. The monoisotopic (exact) mass is 252 g/mol. The van der Waals surface area contributed by atoms with Crippen LogP contribution in [0.2, 0.25) is 0 Å². The maximum absolute atomic E-state index is 9.53. The summed E-state index contributed by atoms with van der Waals surface area (Å²) in [5.74, 6) is 0.450. The van der Waals surface area contributed by atoms with E-state index in [0.717, 1.165) is 32.3 Å². The smallest absolute Gasteiger partial charge is 0.109 e. The van der Waals surface area contributed by atoms with Gasteiger partial charge in [0.15, 0.2) is 0 Å². The van der Waals surface area contributed by atoms with Crippen LogP contribution < -0.4 is 5.32 Å². The van der Waals surface area contributed by atoms with Crippen molar-refractivity contribution in [2.45, 2.75) is 50.1 Å². The second-order valence-electron chi connectivity index (χ2n) is 5.48. The molecule has 0 aromatic rings. The third kappa shape index (κ3) is 3.44. The van der Waals surface area contributed by atoms with E-state index in [1.807, 2.05) is 0 Å². The summed E-state index contributed by atoms with van der Waals surface area (Å²) in [6.45, 7) is 2.04. The van der Waals surface area contributed by atoms with Crippen LogP contribution in [0.1, 0.15) is 38.5 Å². The summed E-state index contributed by atoms with van der Waals surface area (Å²) in [7, 11) is 1.68. The molecular weight excluding hydrogens is 228 g/mol. The Bertz CT molecular complexity index is 299. The van der Waals surface area contributed by atoms with E-state index in [1.165, 1.54) is 12.8 Å². The second-order valence-corrected chi connectivity index (χ2v) is 5.48. The van der Waals surface area contributed by atoms with Crippen molar-refractivity contribution in [3.05, 3.63) is 0 Å². The lowest BCUT2D eigenvalue weighted by atomic mass is 9.86. The van der Waals surface area contributed by atoms with Gasteiger partial charge in [-0.15, -0.1) is 0 Å². The number of rotatable bonds is 8.